The van der Waals surface area contributed by atoms with Crippen LogP contribution < -0.4 is 5.32 Å². The van der Waals surface area contributed by atoms with E-state index in [1.165, 1.54) is 0 Å². The Balaban J connectivity index is 2.61. The number of aromatic nitrogens is 2. The summed E-state index contributed by atoms with van der Waals surface area (Å²) in [6.45, 7) is 3.72. The van der Waals surface area contributed by atoms with Crippen LogP contribution >= 0.6 is 0 Å². The predicted molar refractivity (Wildman–Crippen MR) is 72.8 cm³/mol. The summed E-state index contributed by atoms with van der Waals surface area (Å²) in [7, 11) is 1.80. The van der Waals surface area contributed by atoms with Gasteiger partial charge in [0.15, 0.2) is 0 Å². The number of hydrogen-bond donors (Lipinski definition) is 3. The molecule has 1 amide bonds. The molecule has 1 rings (SSSR count). The number of carboxylic acid groups (broad SMARTS) is 2. The molecule has 8 heteroatoms. The second-order valence-electron chi connectivity index (χ2n) is 4.83. The standard InChI is InChI=1S/C13H19N3O5/c1-7-9(8(2)16(3)15-7)4-5-11(17)14-10(13(20)21)6-12(18)19/h10H,4-6H2,1-3H3,(H,14,17)(H,18,19)(H,20,21). The van der Waals surface area contributed by atoms with Crippen molar-refractivity contribution < 1.29 is 24.6 Å². The third-order valence-electron chi connectivity index (χ3n) is 3.27. The molecule has 1 aromatic heterocycles. The Bertz CT molecular complexity index is 564. The van der Waals surface area contributed by atoms with Gasteiger partial charge in [-0.1, -0.05) is 0 Å². The molecule has 0 spiro atoms. The van der Waals surface area contributed by atoms with Crippen molar-refractivity contribution in [2.75, 3.05) is 0 Å². The third kappa shape index (κ3) is 4.59. The van der Waals surface area contributed by atoms with Crippen molar-refractivity contribution in [1.29, 1.82) is 0 Å². The maximum absolute atomic E-state index is 11.7. The Kier molecular flexibility index (Phi) is 5.45. The van der Waals surface area contributed by atoms with Gasteiger partial charge in [0, 0.05) is 19.2 Å². The summed E-state index contributed by atoms with van der Waals surface area (Å²) in [5.41, 5.74) is 2.71. The molecular weight excluding hydrogens is 278 g/mol. The highest BCUT2D eigenvalue weighted by Gasteiger charge is 2.23. The van der Waals surface area contributed by atoms with Crippen molar-refractivity contribution in [2.45, 2.75) is 39.2 Å². The Morgan fingerprint density at radius 2 is 1.90 bits per heavy atom. The number of amides is 1. The molecule has 0 bridgehead atoms. The number of hydrogen-bond acceptors (Lipinski definition) is 4. The van der Waals surface area contributed by atoms with Gasteiger partial charge in [0.05, 0.1) is 12.1 Å². The lowest BCUT2D eigenvalue weighted by Crippen LogP contribution is -2.42. The lowest BCUT2D eigenvalue weighted by atomic mass is 10.1. The van der Waals surface area contributed by atoms with Crippen LogP contribution in [-0.4, -0.2) is 43.9 Å². The quantitative estimate of drug-likeness (QED) is 0.652. The zero-order valence-electron chi connectivity index (χ0n) is 12.2. The molecule has 116 valence electrons. The maximum atomic E-state index is 11.7. The Hall–Kier alpha value is -2.38. The van der Waals surface area contributed by atoms with E-state index in [2.05, 4.69) is 10.4 Å². The molecule has 1 aromatic rings. The van der Waals surface area contributed by atoms with Crippen LogP contribution in [0.5, 0.6) is 0 Å². The van der Waals surface area contributed by atoms with Crippen molar-refractivity contribution in [3.63, 3.8) is 0 Å². The van der Waals surface area contributed by atoms with Crippen LogP contribution in [-0.2, 0) is 27.9 Å². The predicted octanol–water partition coefficient (Wildman–Crippen LogP) is 0.0136. The fraction of sp³-hybridized carbons (Fsp3) is 0.538. The van der Waals surface area contributed by atoms with Gasteiger partial charge in [-0.15, -0.1) is 0 Å². The van der Waals surface area contributed by atoms with Crippen LogP contribution in [0.4, 0.5) is 0 Å². The van der Waals surface area contributed by atoms with E-state index < -0.39 is 30.3 Å². The molecule has 0 saturated carbocycles. The number of carboxylic acids is 2. The molecule has 1 atom stereocenters. The Morgan fingerprint density at radius 3 is 2.33 bits per heavy atom. The van der Waals surface area contributed by atoms with Gasteiger partial charge < -0.3 is 15.5 Å². The molecule has 0 aromatic carbocycles. The summed E-state index contributed by atoms with van der Waals surface area (Å²) in [5.74, 6) is -3.13. The van der Waals surface area contributed by atoms with E-state index in [1.54, 1.807) is 11.7 Å². The number of carbonyl (C=O) groups excluding carboxylic acids is 1. The van der Waals surface area contributed by atoms with E-state index in [4.69, 9.17) is 10.2 Å². The van der Waals surface area contributed by atoms with Crippen molar-refractivity contribution >= 4 is 17.8 Å². The molecule has 0 aliphatic heterocycles. The van der Waals surface area contributed by atoms with Crippen LogP contribution in [0.1, 0.15) is 29.8 Å². The van der Waals surface area contributed by atoms with Crippen molar-refractivity contribution in [3.8, 4) is 0 Å². The summed E-state index contributed by atoms with van der Waals surface area (Å²) in [6, 6.07) is -1.41. The Labute approximate surface area is 121 Å². The number of nitrogens with zero attached hydrogens (tertiary/aromatic N) is 2. The first kappa shape index (κ1) is 16.7. The van der Waals surface area contributed by atoms with Crippen molar-refractivity contribution in [1.82, 2.24) is 15.1 Å². The molecule has 21 heavy (non-hydrogen) atoms. The smallest absolute Gasteiger partial charge is 0.326 e. The minimum absolute atomic E-state index is 0.0801. The van der Waals surface area contributed by atoms with Crippen molar-refractivity contribution in [2.24, 2.45) is 7.05 Å². The van der Waals surface area contributed by atoms with E-state index in [-0.39, 0.29) is 6.42 Å². The molecule has 1 heterocycles. The van der Waals surface area contributed by atoms with Crippen LogP contribution in [0.25, 0.3) is 0 Å². The number of aryl methyl sites for hydroxylation is 2. The van der Waals surface area contributed by atoms with Gasteiger partial charge in [-0.05, 0) is 25.8 Å². The average Bonchev–Trinajstić information content (AvgIpc) is 2.60. The lowest BCUT2D eigenvalue weighted by molar-refractivity contribution is -0.147. The van der Waals surface area contributed by atoms with E-state index in [1.807, 2.05) is 13.8 Å². The molecule has 0 fully saturated rings. The highest BCUT2D eigenvalue weighted by Crippen LogP contribution is 2.14. The van der Waals surface area contributed by atoms with Gasteiger partial charge in [-0.3, -0.25) is 14.3 Å². The molecule has 0 aliphatic rings. The second kappa shape index (κ2) is 6.87. The molecule has 1 unspecified atom stereocenters. The number of rotatable bonds is 7. The lowest BCUT2D eigenvalue weighted by Gasteiger charge is -2.12. The summed E-state index contributed by atoms with van der Waals surface area (Å²) >= 11 is 0. The molecule has 0 saturated heterocycles. The zero-order chi connectivity index (χ0) is 16.2. The zero-order valence-corrected chi connectivity index (χ0v) is 12.2. The fourth-order valence-corrected chi connectivity index (χ4v) is 2.06. The molecule has 8 nitrogen and oxygen atoms in total. The summed E-state index contributed by atoms with van der Waals surface area (Å²) in [6.07, 6.45) is -0.139. The maximum Gasteiger partial charge on any atom is 0.326 e. The van der Waals surface area contributed by atoms with Crippen molar-refractivity contribution in [3.05, 3.63) is 17.0 Å². The van der Waals surface area contributed by atoms with E-state index in [0.29, 0.717) is 6.42 Å². The van der Waals surface area contributed by atoms with Gasteiger partial charge in [-0.25, -0.2) is 4.79 Å². The van der Waals surface area contributed by atoms with Gasteiger partial charge in [0.1, 0.15) is 6.04 Å². The highest BCUT2D eigenvalue weighted by atomic mass is 16.4. The number of carbonyl (C=O) groups is 3. The normalized spacial score (nSPS) is 12.0. The third-order valence-corrected chi connectivity index (χ3v) is 3.27. The minimum atomic E-state index is -1.41. The summed E-state index contributed by atoms with van der Waals surface area (Å²) in [5, 5.41) is 23.9. The first-order chi connectivity index (χ1) is 9.72. The van der Waals surface area contributed by atoms with Crippen LogP contribution in [0.3, 0.4) is 0 Å². The minimum Gasteiger partial charge on any atom is -0.481 e. The van der Waals surface area contributed by atoms with E-state index in [0.717, 1.165) is 17.0 Å². The monoisotopic (exact) mass is 297 g/mol. The van der Waals surface area contributed by atoms with Gasteiger partial charge >= 0.3 is 11.9 Å². The number of nitrogens with one attached hydrogen (secondary N) is 1. The van der Waals surface area contributed by atoms with E-state index in [9.17, 15) is 14.4 Å². The summed E-state index contributed by atoms with van der Waals surface area (Å²) < 4.78 is 1.72. The van der Waals surface area contributed by atoms with Crippen LogP contribution in [0, 0.1) is 13.8 Å². The van der Waals surface area contributed by atoms with E-state index >= 15 is 0 Å². The van der Waals surface area contributed by atoms with Crippen LogP contribution in [0.2, 0.25) is 0 Å². The molecule has 0 radical (unpaired) electrons. The average molecular weight is 297 g/mol. The van der Waals surface area contributed by atoms with Gasteiger partial charge in [-0.2, -0.15) is 5.10 Å². The largest absolute Gasteiger partial charge is 0.481 e. The van der Waals surface area contributed by atoms with Crippen LogP contribution in [0.15, 0.2) is 0 Å². The second-order valence-corrected chi connectivity index (χ2v) is 4.83. The number of aliphatic carboxylic acids is 2. The molecule has 3 N–H and O–H groups in total. The first-order valence-corrected chi connectivity index (χ1v) is 6.45. The summed E-state index contributed by atoms with van der Waals surface area (Å²) in [4.78, 5) is 33.2. The molecule has 0 aliphatic carbocycles. The van der Waals surface area contributed by atoms with Gasteiger partial charge in [0.25, 0.3) is 0 Å². The topological polar surface area (TPSA) is 122 Å². The SMILES string of the molecule is Cc1nn(C)c(C)c1CCC(=O)NC(CC(=O)O)C(=O)O. The highest BCUT2D eigenvalue weighted by molar-refractivity contribution is 5.86. The first-order valence-electron chi connectivity index (χ1n) is 6.45. The fourth-order valence-electron chi connectivity index (χ4n) is 2.06. The Morgan fingerprint density at radius 1 is 1.29 bits per heavy atom. The molecular formula is C13H19N3O5. The van der Waals surface area contributed by atoms with Gasteiger partial charge in [0.2, 0.25) is 5.91 Å².